The maximum atomic E-state index is 13.6. The molecule has 2 heterocycles. The number of fused-ring (bicyclic) bond motifs is 1. The Bertz CT molecular complexity index is 1200. The molecular formula is C26H24N2O2S. The van der Waals surface area contributed by atoms with Crippen LogP contribution in [0.15, 0.2) is 72.8 Å². The van der Waals surface area contributed by atoms with Crippen LogP contribution in [0.1, 0.15) is 28.8 Å². The van der Waals surface area contributed by atoms with Crippen molar-refractivity contribution in [2.75, 3.05) is 18.1 Å². The maximum absolute atomic E-state index is 13.6. The second kappa shape index (κ2) is 8.61. The van der Waals surface area contributed by atoms with Crippen molar-refractivity contribution in [3.63, 3.8) is 0 Å². The van der Waals surface area contributed by atoms with Crippen molar-refractivity contribution in [1.29, 1.82) is 0 Å². The molecule has 1 aliphatic heterocycles. The topological polar surface area (TPSA) is 42.4 Å². The normalized spacial score (nSPS) is 16.0. The Morgan fingerprint density at radius 1 is 1.06 bits per heavy atom. The zero-order valence-electron chi connectivity index (χ0n) is 17.5. The number of carbonyl (C=O) groups excluding carboxylic acids is 1. The van der Waals surface area contributed by atoms with Gasteiger partial charge >= 0.3 is 0 Å². The van der Waals surface area contributed by atoms with Crippen LogP contribution < -0.4 is 4.90 Å². The first kappa shape index (κ1) is 19.9. The lowest BCUT2D eigenvalue weighted by atomic mass is 10.0. The van der Waals surface area contributed by atoms with Gasteiger partial charge in [-0.1, -0.05) is 59.9 Å². The third-order valence-electron chi connectivity index (χ3n) is 5.66. The molecular weight excluding hydrogens is 404 g/mol. The van der Waals surface area contributed by atoms with E-state index in [1.807, 2.05) is 48.5 Å². The Morgan fingerprint density at radius 2 is 1.84 bits per heavy atom. The Balaban J connectivity index is 1.47. The van der Waals surface area contributed by atoms with E-state index >= 15 is 0 Å². The number of aromatic nitrogens is 1. The number of anilines is 1. The van der Waals surface area contributed by atoms with E-state index in [9.17, 15) is 4.79 Å². The molecule has 0 spiro atoms. The number of ether oxygens (including phenoxy) is 1. The summed E-state index contributed by atoms with van der Waals surface area (Å²) in [6.45, 7) is 3.36. The van der Waals surface area contributed by atoms with Gasteiger partial charge in [0.05, 0.1) is 22.9 Å². The minimum absolute atomic E-state index is 0.0362. The van der Waals surface area contributed by atoms with E-state index in [1.54, 1.807) is 16.2 Å². The van der Waals surface area contributed by atoms with Gasteiger partial charge in [-0.15, -0.1) is 0 Å². The molecule has 1 saturated heterocycles. The molecule has 1 unspecified atom stereocenters. The van der Waals surface area contributed by atoms with Crippen LogP contribution in [-0.2, 0) is 4.74 Å². The molecule has 31 heavy (non-hydrogen) atoms. The summed E-state index contributed by atoms with van der Waals surface area (Å²) in [7, 11) is 0. The number of hydrogen-bond acceptors (Lipinski definition) is 4. The van der Waals surface area contributed by atoms with Crippen molar-refractivity contribution in [1.82, 2.24) is 4.98 Å². The van der Waals surface area contributed by atoms with Gasteiger partial charge in [0, 0.05) is 12.2 Å². The Labute approximate surface area is 186 Å². The fraction of sp³-hybridized carbons (Fsp3) is 0.231. The third-order valence-corrected chi connectivity index (χ3v) is 6.70. The highest BCUT2D eigenvalue weighted by Crippen LogP contribution is 2.32. The van der Waals surface area contributed by atoms with Crippen LogP contribution in [0, 0.1) is 6.92 Å². The second-order valence-corrected chi connectivity index (χ2v) is 8.97. The summed E-state index contributed by atoms with van der Waals surface area (Å²) in [6.07, 6.45) is 2.07. The first-order valence-electron chi connectivity index (χ1n) is 10.6. The van der Waals surface area contributed by atoms with Gasteiger partial charge in [0.2, 0.25) is 0 Å². The van der Waals surface area contributed by atoms with Gasteiger partial charge in [0.15, 0.2) is 5.13 Å². The highest BCUT2D eigenvalue weighted by Gasteiger charge is 2.27. The molecule has 3 aromatic carbocycles. The molecule has 0 aliphatic carbocycles. The van der Waals surface area contributed by atoms with Gasteiger partial charge in [-0.3, -0.25) is 9.69 Å². The maximum Gasteiger partial charge on any atom is 0.260 e. The molecule has 0 bridgehead atoms. The number of carbonyl (C=O) groups is 1. The molecule has 1 fully saturated rings. The van der Waals surface area contributed by atoms with Crippen molar-refractivity contribution < 1.29 is 9.53 Å². The van der Waals surface area contributed by atoms with Crippen molar-refractivity contribution in [2.45, 2.75) is 25.9 Å². The molecule has 1 aliphatic rings. The number of nitrogens with zero attached hydrogens (tertiary/aromatic N) is 2. The highest BCUT2D eigenvalue weighted by molar-refractivity contribution is 7.22. The van der Waals surface area contributed by atoms with Gasteiger partial charge in [0.1, 0.15) is 0 Å². The molecule has 5 heteroatoms. The first-order valence-corrected chi connectivity index (χ1v) is 11.5. The molecule has 4 aromatic rings. The standard InChI is InChI=1S/C26H24N2O2S/c1-18-9-14-23-24(16-18)31-26(27-23)28(17-22-8-5-15-30-22)25(29)21-12-10-20(11-13-21)19-6-3-2-4-7-19/h2-4,6-7,9-14,16,22H,5,8,15,17H2,1H3. The van der Waals surface area contributed by atoms with Crippen LogP contribution in [0.5, 0.6) is 0 Å². The van der Waals surface area contributed by atoms with E-state index in [2.05, 4.69) is 31.2 Å². The van der Waals surface area contributed by atoms with Gasteiger partial charge in [-0.05, 0) is 60.7 Å². The van der Waals surface area contributed by atoms with Crippen LogP contribution in [0.3, 0.4) is 0 Å². The van der Waals surface area contributed by atoms with Crippen LogP contribution in [-0.4, -0.2) is 30.1 Å². The number of aryl methyl sites for hydroxylation is 1. The minimum atomic E-state index is -0.0362. The highest BCUT2D eigenvalue weighted by atomic mass is 32.1. The van der Waals surface area contributed by atoms with Gasteiger partial charge in [-0.2, -0.15) is 0 Å². The Hall–Kier alpha value is -3.02. The van der Waals surface area contributed by atoms with Crippen molar-refractivity contribution in [3.05, 3.63) is 83.9 Å². The molecule has 0 saturated carbocycles. The largest absolute Gasteiger partial charge is 0.376 e. The molecule has 0 N–H and O–H groups in total. The van der Waals surface area contributed by atoms with Crippen molar-refractivity contribution in [2.24, 2.45) is 0 Å². The summed E-state index contributed by atoms with van der Waals surface area (Å²) in [6, 6.07) is 24.2. The Kier molecular flexibility index (Phi) is 5.53. The van der Waals surface area contributed by atoms with E-state index in [0.717, 1.165) is 45.9 Å². The van der Waals surface area contributed by atoms with Crippen LogP contribution >= 0.6 is 11.3 Å². The van der Waals surface area contributed by atoms with Gasteiger partial charge in [0.25, 0.3) is 5.91 Å². The molecule has 1 atom stereocenters. The van der Waals surface area contributed by atoms with Gasteiger partial charge < -0.3 is 4.74 Å². The second-order valence-electron chi connectivity index (χ2n) is 7.96. The van der Waals surface area contributed by atoms with E-state index < -0.39 is 0 Å². The summed E-state index contributed by atoms with van der Waals surface area (Å²) in [5, 5.41) is 0.730. The number of hydrogen-bond donors (Lipinski definition) is 0. The summed E-state index contributed by atoms with van der Waals surface area (Å²) >= 11 is 1.56. The molecule has 1 aromatic heterocycles. The van der Waals surface area contributed by atoms with Crippen molar-refractivity contribution >= 4 is 32.6 Å². The molecule has 1 amide bonds. The average Bonchev–Trinajstić information content (AvgIpc) is 3.47. The summed E-state index contributed by atoms with van der Waals surface area (Å²) in [5.41, 5.74) is 5.01. The molecule has 5 rings (SSSR count). The predicted molar refractivity (Wildman–Crippen MR) is 127 cm³/mol. The number of amides is 1. The zero-order chi connectivity index (χ0) is 21.2. The third kappa shape index (κ3) is 4.24. The van der Waals surface area contributed by atoms with E-state index in [4.69, 9.17) is 9.72 Å². The van der Waals surface area contributed by atoms with E-state index in [0.29, 0.717) is 12.1 Å². The zero-order valence-corrected chi connectivity index (χ0v) is 18.3. The SMILES string of the molecule is Cc1ccc2nc(N(CC3CCCO3)C(=O)c3ccc(-c4ccccc4)cc3)sc2c1. The van der Waals surface area contributed by atoms with Crippen molar-refractivity contribution in [3.8, 4) is 11.1 Å². The fourth-order valence-electron chi connectivity index (χ4n) is 3.97. The smallest absolute Gasteiger partial charge is 0.260 e. The summed E-state index contributed by atoms with van der Waals surface area (Å²) in [5.74, 6) is -0.0362. The number of rotatable bonds is 5. The first-order chi connectivity index (χ1) is 15.2. The van der Waals surface area contributed by atoms with Crippen LogP contribution in [0.2, 0.25) is 0 Å². The lowest BCUT2D eigenvalue weighted by molar-refractivity contribution is 0.0917. The molecule has 0 radical (unpaired) electrons. The van der Waals surface area contributed by atoms with Gasteiger partial charge in [-0.25, -0.2) is 4.98 Å². The summed E-state index contributed by atoms with van der Waals surface area (Å²) < 4.78 is 6.94. The quantitative estimate of drug-likeness (QED) is 0.386. The monoisotopic (exact) mass is 428 g/mol. The lowest BCUT2D eigenvalue weighted by Crippen LogP contribution is -2.37. The number of benzene rings is 3. The molecule has 156 valence electrons. The van der Waals surface area contributed by atoms with E-state index in [1.165, 1.54) is 5.56 Å². The number of thiazole rings is 1. The fourth-order valence-corrected chi connectivity index (χ4v) is 5.04. The van der Waals surface area contributed by atoms with E-state index in [-0.39, 0.29) is 12.0 Å². The summed E-state index contributed by atoms with van der Waals surface area (Å²) in [4.78, 5) is 20.1. The average molecular weight is 429 g/mol. The molecule has 4 nitrogen and oxygen atoms in total. The minimum Gasteiger partial charge on any atom is -0.376 e. The lowest BCUT2D eigenvalue weighted by Gasteiger charge is -2.23. The predicted octanol–water partition coefficient (Wildman–Crippen LogP) is 6.10. The van der Waals surface area contributed by atoms with Crippen LogP contribution in [0.25, 0.3) is 21.3 Å². The Morgan fingerprint density at radius 3 is 2.58 bits per heavy atom. The van der Waals surface area contributed by atoms with Crippen LogP contribution in [0.4, 0.5) is 5.13 Å².